The number of carbonyl (C=O) groups is 4. The molecule has 0 fully saturated rings. The van der Waals surface area contributed by atoms with Crippen LogP contribution in [0.15, 0.2) is 218 Å². The highest BCUT2D eigenvalue weighted by molar-refractivity contribution is 9.10. The van der Waals surface area contributed by atoms with E-state index in [9.17, 15) is 85.8 Å². The van der Waals surface area contributed by atoms with Crippen LogP contribution in [0.3, 0.4) is 0 Å². The number of aromatic nitrogens is 4. The Balaban J connectivity index is 0.000000182. The highest BCUT2D eigenvalue weighted by atomic mass is 79.9. The second-order valence-corrected chi connectivity index (χ2v) is 28.2. The lowest BCUT2D eigenvalue weighted by molar-refractivity contribution is -0.296. The Morgan fingerprint density at radius 2 is 0.575 bits per heavy atom. The number of aromatic hydroxyl groups is 1. The molecule has 12 aromatic rings. The van der Waals surface area contributed by atoms with Crippen LogP contribution in [-0.2, 0) is 64.3 Å². The number of hydrogen-bond acceptors (Lipinski definition) is 12. The van der Waals surface area contributed by atoms with Gasteiger partial charge >= 0.3 is 68.0 Å². The van der Waals surface area contributed by atoms with Crippen LogP contribution in [-0.4, -0.2) is 120 Å². The van der Waals surface area contributed by atoms with Crippen molar-refractivity contribution in [1.82, 2.24) is 18.3 Å². The van der Waals surface area contributed by atoms with Gasteiger partial charge in [-0.3, -0.25) is 0 Å². The number of alkyl halides is 17. The zero-order valence-corrected chi connectivity index (χ0v) is 65.5. The summed E-state index contributed by atoms with van der Waals surface area (Å²) < 4.78 is 211. The van der Waals surface area contributed by atoms with E-state index in [1.807, 2.05) is 155 Å². The number of fused-ring (bicyclic) bond motifs is 4. The predicted octanol–water partition coefficient (Wildman–Crippen LogP) is 20.7. The predicted molar refractivity (Wildman–Crippen MR) is 405 cm³/mol. The number of carbonyl (C=O) groups excluding carboxylic acids is 4. The second-order valence-electron chi connectivity index (χ2n) is 24.8. The quantitative estimate of drug-likeness (QED) is 0.0373. The van der Waals surface area contributed by atoms with E-state index in [-0.39, 0.29) is 16.9 Å². The highest BCUT2D eigenvalue weighted by Gasteiger charge is 2.67. The van der Waals surface area contributed by atoms with E-state index in [4.69, 9.17) is 9.47 Å². The normalized spacial score (nSPS) is 13.8. The number of hydrogen-bond donors (Lipinski definition) is 1. The SMILES string of the molecule is COC(=O)C(Br)(Oc1cccc2c1cc(C)n2Cc1ccccc1)C(F)(F)F.COC(=O)C(Br)(Oc1cccc2c1cc(C)n2Cc1ccccc1)C(F)(F)F.COC(=O)C(F)(Br)C(F)(F)F.COC(=O)C(F)(Oc1cccc2c1cc(C)n2Cc1ccccc1)C(F)(F)F.Cc1cc2c(O)cccc2n1Cc1ccccc1. The molecule has 8 aromatic carbocycles. The van der Waals surface area contributed by atoms with Crippen LogP contribution in [0.2, 0.25) is 0 Å². The Bertz CT molecular complexity index is 4900. The van der Waals surface area contributed by atoms with Gasteiger partial charge in [-0.1, -0.05) is 146 Å². The van der Waals surface area contributed by atoms with Gasteiger partial charge in [0.05, 0.1) is 50.5 Å². The number of benzene rings is 8. The van der Waals surface area contributed by atoms with E-state index < -0.39 is 73.8 Å². The molecule has 0 saturated carbocycles. The first kappa shape index (κ1) is 88.0. The third-order valence-corrected chi connectivity index (χ3v) is 19.8. The number of nitrogens with zero attached hydrogens (tertiary/aromatic N) is 4. The minimum Gasteiger partial charge on any atom is -0.507 e. The van der Waals surface area contributed by atoms with E-state index in [2.05, 4.69) is 79.2 Å². The van der Waals surface area contributed by atoms with Crippen molar-refractivity contribution in [3.63, 3.8) is 0 Å². The van der Waals surface area contributed by atoms with Gasteiger partial charge in [-0.15, -0.1) is 0 Å². The minimum absolute atomic E-state index is 0.0768. The van der Waals surface area contributed by atoms with E-state index >= 15 is 0 Å². The molecule has 0 amide bonds. The van der Waals surface area contributed by atoms with Crippen molar-refractivity contribution in [2.24, 2.45) is 0 Å². The summed E-state index contributed by atoms with van der Waals surface area (Å²) >= 11 is 6.37. The Morgan fingerprint density at radius 3 is 0.823 bits per heavy atom. The summed E-state index contributed by atoms with van der Waals surface area (Å²) in [6.45, 7) is 9.97. The smallest absolute Gasteiger partial charge is 0.472 e. The van der Waals surface area contributed by atoms with Crippen LogP contribution in [0.4, 0.5) is 61.5 Å². The van der Waals surface area contributed by atoms with Crippen molar-refractivity contribution in [1.29, 1.82) is 0 Å². The summed E-state index contributed by atoms with van der Waals surface area (Å²) in [5.41, 5.74) is 11.0. The van der Waals surface area contributed by atoms with E-state index in [0.29, 0.717) is 66.9 Å². The lowest BCUT2D eigenvalue weighted by Crippen LogP contribution is -2.53. The fourth-order valence-electron chi connectivity index (χ4n) is 11.5. The Hall–Kier alpha value is -10.5. The molecule has 0 bridgehead atoms. The number of phenols is 1. The van der Waals surface area contributed by atoms with Crippen molar-refractivity contribution < 1.29 is 119 Å². The van der Waals surface area contributed by atoms with E-state index in [1.54, 1.807) is 77.5 Å². The molecule has 0 spiro atoms. The molecule has 0 aliphatic carbocycles. The maximum Gasteiger partial charge on any atom is 0.472 e. The first-order valence-corrected chi connectivity index (χ1v) is 35.7. The molecule has 33 heteroatoms. The molecule has 16 nitrogen and oxygen atoms in total. The molecular weight excluding hydrogens is 1710 g/mol. The number of aryl methyl sites for hydroxylation is 4. The van der Waals surface area contributed by atoms with Crippen LogP contribution in [0.5, 0.6) is 23.0 Å². The van der Waals surface area contributed by atoms with Crippen molar-refractivity contribution in [2.45, 2.75) is 98.0 Å². The number of methoxy groups -OCH3 is 4. The summed E-state index contributed by atoms with van der Waals surface area (Å²) in [5, 5.41) is 12.0. The summed E-state index contributed by atoms with van der Waals surface area (Å²) in [6.07, 6.45) is -21.0. The Kier molecular flexibility index (Phi) is 28.1. The van der Waals surface area contributed by atoms with Gasteiger partial charge in [0, 0.05) is 70.5 Å². The maximum absolute atomic E-state index is 14.5. The standard InChI is InChI=1S/2C20H17BrF3NO3.C20H17F4NO3.C16H15NO.C4H3BrF4O2/c3*1-13-11-15-16(25(13)12-14-7-4-3-5-8-14)9-6-10-17(15)28-19(21,18(26)27-2)20(22,23)24;1-12-10-14-15(8-5-9-16(14)18)17(12)11-13-6-3-2-4-7-13;1-11-2(10)3(5,6)4(7,8)9/h3*3-11H,12H2,1-2H3;2-10,18H,11H2,1H3;1H3. The number of phenolic OH excluding ortho intramolecular Hbond substituents is 1. The topological polar surface area (TPSA) is 173 Å². The molecule has 12 rings (SSSR count). The Morgan fingerprint density at radius 1 is 0.319 bits per heavy atom. The lowest BCUT2D eigenvalue weighted by atomic mass is 10.2. The zero-order valence-electron chi connectivity index (χ0n) is 60.8. The average Bonchev–Trinajstić information content (AvgIpc) is 1.30. The fourth-order valence-corrected chi connectivity index (χ4v) is 12.3. The molecule has 4 heterocycles. The van der Waals surface area contributed by atoms with E-state index in [1.165, 1.54) is 29.8 Å². The molecule has 113 heavy (non-hydrogen) atoms. The average molecular weight is 1780 g/mol. The van der Waals surface area contributed by atoms with Gasteiger partial charge in [0.1, 0.15) is 23.0 Å². The number of halogens is 17. The fraction of sp³-hybridized carbons (Fsp3) is 0.250. The zero-order chi connectivity index (χ0) is 83.4. The minimum atomic E-state index is -5.61. The monoisotopic (exact) mass is 1780 g/mol. The second kappa shape index (κ2) is 36.1. The molecule has 0 aliphatic rings. The summed E-state index contributed by atoms with van der Waals surface area (Å²) in [7, 11) is 3.06. The van der Waals surface area contributed by atoms with Crippen molar-refractivity contribution in [2.75, 3.05) is 28.4 Å². The summed E-state index contributed by atoms with van der Waals surface area (Å²) in [6, 6.07) is 65.8. The van der Waals surface area contributed by atoms with Crippen LogP contribution in [0, 0.1) is 27.7 Å². The van der Waals surface area contributed by atoms with Crippen LogP contribution in [0.1, 0.15) is 45.0 Å². The molecule has 0 radical (unpaired) electrons. The van der Waals surface area contributed by atoms with Gasteiger partial charge in [-0.2, -0.15) is 57.1 Å². The summed E-state index contributed by atoms with van der Waals surface area (Å²) in [5.74, 6) is -12.2. The molecular formula is C80H69Br3F14N4O12. The first-order valence-electron chi connectivity index (χ1n) is 33.3. The number of rotatable bonds is 18. The summed E-state index contributed by atoms with van der Waals surface area (Å²) in [4.78, 5) is 45.2. The molecule has 1 N–H and O–H groups in total. The highest BCUT2D eigenvalue weighted by Crippen LogP contribution is 2.46. The first-order chi connectivity index (χ1) is 53.0. The Labute approximate surface area is 661 Å². The van der Waals surface area contributed by atoms with Crippen LogP contribution >= 0.6 is 47.8 Å². The van der Waals surface area contributed by atoms with E-state index in [0.717, 1.165) is 71.1 Å². The third-order valence-electron chi connectivity index (χ3n) is 17.2. The number of ether oxygens (including phenoxy) is 7. The molecule has 0 saturated heterocycles. The van der Waals surface area contributed by atoms with Gasteiger partial charge in [0.2, 0.25) is 0 Å². The molecule has 4 unspecified atom stereocenters. The van der Waals surface area contributed by atoms with Gasteiger partial charge in [0.25, 0.3) is 0 Å². The maximum atomic E-state index is 14.5. The van der Waals surface area contributed by atoms with Gasteiger partial charge in [0.15, 0.2) is 0 Å². The van der Waals surface area contributed by atoms with Crippen molar-refractivity contribution in [3.05, 3.63) is 263 Å². The van der Waals surface area contributed by atoms with Crippen molar-refractivity contribution >= 4 is 115 Å². The molecule has 4 atom stereocenters. The third kappa shape index (κ3) is 19.9. The largest absolute Gasteiger partial charge is 0.507 e. The van der Waals surface area contributed by atoms with Gasteiger partial charge in [-0.25, -0.2) is 23.6 Å². The molecule has 600 valence electrons. The lowest BCUT2D eigenvalue weighted by Gasteiger charge is -2.28. The van der Waals surface area contributed by atoms with Crippen LogP contribution < -0.4 is 14.2 Å². The van der Waals surface area contributed by atoms with Crippen LogP contribution in [0.25, 0.3) is 43.6 Å². The van der Waals surface area contributed by atoms with Gasteiger partial charge < -0.3 is 56.5 Å². The molecule has 0 aliphatic heterocycles. The van der Waals surface area contributed by atoms with Crippen molar-refractivity contribution in [3.8, 4) is 23.0 Å². The van der Waals surface area contributed by atoms with Gasteiger partial charge in [-0.05, 0) is 171 Å². The molecule has 4 aromatic heterocycles. The number of esters is 4.